The number of amides is 1. The number of carbonyl (C=O) groups is 1. The number of carbonyl (C=O) groups excluding carboxylic acids is 1. The van der Waals surface area contributed by atoms with E-state index in [0.717, 1.165) is 51.0 Å². The highest BCUT2D eigenvalue weighted by molar-refractivity contribution is 7.71. The van der Waals surface area contributed by atoms with Gasteiger partial charge < -0.3 is 14.8 Å². The lowest BCUT2D eigenvalue weighted by Crippen LogP contribution is -2.47. The maximum Gasteiger partial charge on any atom is 0.262 e. The van der Waals surface area contributed by atoms with Crippen LogP contribution in [0.5, 0.6) is 0 Å². The van der Waals surface area contributed by atoms with Gasteiger partial charge in [0.2, 0.25) is 5.91 Å². The zero-order chi connectivity index (χ0) is 18.5. The van der Waals surface area contributed by atoms with Crippen LogP contribution in [0.1, 0.15) is 25.7 Å². The van der Waals surface area contributed by atoms with Crippen LogP contribution in [0.15, 0.2) is 29.1 Å². The molecule has 1 aromatic carbocycles. The van der Waals surface area contributed by atoms with Gasteiger partial charge in [0.1, 0.15) is 0 Å². The van der Waals surface area contributed by atoms with E-state index in [1.54, 1.807) is 4.57 Å². The molecule has 0 atom stereocenters. The van der Waals surface area contributed by atoms with Crippen molar-refractivity contribution in [1.82, 2.24) is 19.4 Å². The van der Waals surface area contributed by atoms with Crippen LogP contribution < -0.4 is 5.56 Å². The Morgan fingerprint density at radius 3 is 2.62 bits per heavy atom. The largest absolute Gasteiger partial charge is 0.340 e. The highest BCUT2D eigenvalue weighted by atomic mass is 32.1. The second-order valence-electron chi connectivity index (χ2n) is 6.93. The van der Waals surface area contributed by atoms with Crippen molar-refractivity contribution >= 4 is 29.0 Å². The quantitative estimate of drug-likeness (QED) is 0.623. The van der Waals surface area contributed by atoms with Gasteiger partial charge in [-0.25, -0.2) is 0 Å². The van der Waals surface area contributed by atoms with Gasteiger partial charge in [0.25, 0.3) is 5.56 Å². The number of H-pyrrole nitrogens is 1. The number of rotatable bonds is 6. The fourth-order valence-electron chi connectivity index (χ4n) is 3.34. The van der Waals surface area contributed by atoms with Gasteiger partial charge in [-0.15, -0.1) is 0 Å². The number of likely N-dealkylation sites (N-methyl/N-ethyl adjacent to an activating group) is 1. The Balaban J connectivity index is 1.48. The topological polar surface area (TPSA) is 61.3 Å². The molecule has 1 amide bonds. The standard InChI is InChI=1S/C19H26N4O2S/c1-21-11-13-22(14-12-21)17(24)9-3-2-6-10-23-18(25)15-7-4-5-8-16(15)20-19(23)26/h4-5,7-8H,2-3,6,9-14H2,1H3,(H,20,26). The molecule has 1 N–H and O–H groups in total. The van der Waals surface area contributed by atoms with Crippen molar-refractivity contribution in [3.63, 3.8) is 0 Å². The number of aromatic nitrogens is 2. The summed E-state index contributed by atoms with van der Waals surface area (Å²) in [6.45, 7) is 4.15. The molecule has 1 aliphatic rings. The molecule has 0 radical (unpaired) electrons. The molecule has 1 fully saturated rings. The SMILES string of the molecule is CN1CCN(C(=O)CCCCCn2c(=S)[nH]c3ccccc3c2=O)CC1. The van der Waals surface area contributed by atoms with Crippen molar-refractivity contribution in [3.05, 3.63) is 39.4 Å². The summed E-state index contributed by atoms with van der Waals surface area (Å²) in [7, 11) is 2.08. The van der Waals surface area contributed by atoms with E-state index < -0.39 is 0 Å². The van der Waals surface area contributed by atoms with Crippen LogP contribution in [-0.4, -0.2) is 58.5 Å². The van der Waals surface area contributed by atoms with E-state index in [0.29, 0.717) is 23.1 Å². The van der Waals surface area contributed by atoms with Crippen LogP contribution in [0.2, 0.25) is 0 Å². The first kappa shape index (κ1) is 18.8. The molecule has 0 unspecified atom stereocenters. The first-order valence-corrected chi connectivity index (χ1v) is 9.65. The number of piperazine rings is 1. The summed E-state index contributed by atoms with van der Waals surface area (Å²) < 4.78 is 2.09. The van der Waals surface area contributed by atoms with Crippen molar-refractivity contribution in [2.75, 3.05) is 33.2 Å². The number of aromatic amines is 1. The van der Waals surface area contributed by atoms with Crippen LogP contribution in [0, 0.1) is 4.77 Å². The molecule has 26 heavy (non-hydrogen) atoms. The van der Waals surface area contributed by atoms with Gasteiger partial charge in [0, 0.05) is 39.1 Å². The molecule has 0 spiro atoms. The molecule has 0 saturated carbocycles. The normalized spacial score (nSPS) is 15.5. The van der Waals surface area contributed by atoms with Crippen molar-refractivity contribution in [1.29, 1.82) is 0 Å². The molecular formula is C19H26N4O2S. The molecule has 1 saturated heterocycles. The van der Waals surface area contributed by atoms with Crippen LogP contribution in [-0.2, 0) is 11.3 Å². The van der Waals surface area contributed by atoms with Crippen LogP contribution in [0.4, 0.5) is 0 Å². The van der Waals surface area contributed by atoms with E-state index >= 15 is 0 Å². The monoisotopic (exact) mass is 374 g/mol. The Morgan fingerprint density at radius 1 is 1.12 bits per heavy atom. The van der Waals surface area contributed by atoms with Crippen molar-refractivity contribution in [2.24, 2.45) is 0 Å². The predicted molar refractivity (Wildman–Crippen MR) is 106 cm³/mol. The smallest absolute Gasteiger partial charge is 0.262 e. The molecule has 0 aliphatic carbocycles. The summed E-state index contributed by atoms with van der Waals surface area (Å²) in [5, 5.41) is 0.659. The lowest BCUT2D eigenvalue weighted by Gasteiger charge is -2.32. The Hall–Kier alpha value is -1.99. The molecule has 0 bridgehead atoms. The van der Waals surface area contributed by atoms with Crippen LogP contribution in [0.3, 0.4) is 0 Å². The lowest BCUT2D eigenvalue weighted by atomic mass is 10.1. The zero-order valence-electron chi connectivity index (χ0n) is 15.2. The molecule has 6 nitrogen and oxygen atoms in total. The van der Waals surface area contributed by atoms with Gasteiger partial charge >= 0.3 is 0 Å². The highest BCUT2D eigenvalue weighted by Crippen LogP contribution is 2.09. The molecular weight excluding hydrogens is 348 g/mol. The molecule has 3 rings (SSSR count). The minimum atomic E-state index is -0.0436. The average Bonchev–Trinajstić information content (AvgIpc) is 2.64. The van der Waals surface area contributed by atoms with E-state index in [1.807, 2.05) is 29.2 Å². The number of nitrogens with zero attached hydrogens (tertiary/aromatic N) is 3. The third-order valence-electron chi connectivity index (χ3n) is 5.02. The molecule has 1 aliphatic heterocycles. The fraction of sp³-hybridized carbons (Fsp3) is 0.526. The summed E-state index contributed by atoms with van der Waals surface area (Å²) in [6.07, 6.45) is 3.19. The third-order valence-corrected chi connectivity index (χ3v) is 5.34. The summed E-state index contributed by atoms with van der Waals surface area (Å²) in [5.74, 6) is 0.248. The number of hydrogen-bond acceptors (Lipinski definition) is 4. The summed E-state index contributed by atoms with van der Waals surface area (Å²) in [6, 6.07) is 7.42. The summed E-state index contributed by atoms with van der Waals surface area (Å²) in [4.78, 5) is 32.1. The number of nitrogens with one attached hydrogen (secondary N) is 1. The van der Waals surface area contributed by atoms with Crippen molar-refractivity contribution in [3.8, 4) is 0 Å². The van der Waals surface area contributed by atoms with E-state index in [4.69, 9.17) is 12.2 Å². The Kier molecular flexibility index (Phi) is 6.21. The molecule has 140 valence electrons. The van der Waals surface area contributed by atoms with Gasteiger partial charge in [-0.2, -0.15) is 0 Å². The predicted octanol–water partition coefficient (Wildman–Crippen LogP) is 2.39. The Labute approximate surface area is 158 Å². The lowest BCUT2D eigenvalue weighted by molar-refractivity contribution is -0.132. The average molecular weight is 375 g/mol. The van der Waals surface area contributed by atoms with Gasteiger partial charge in [-0.05, 0) is 44.2 Å². The van der Waals surface area contributed by atoms with Gasteiger partial charge in [-0.1, -0.05) is 18.6 Å². The van der Waals surface area contributed by atoms with E-state index in [-0.39, 0.29) is 11.5 Å². The molecule has 7 heteroatoms. The maximum atomic E-state index is 12.6. The number of benzene rings is 1. The third kappa shape index (κ3) is 4.40. The van der Waals surface area contributed by atoms with Gasteiger partial charge in [-0.3, -0.25) is 14.2 Å². The summed E-state index contributed by atoms with van der Waals surface area (Å²) >= 11 is 5.32. The van der Waals surface area contributed by atoms with Crippen molar-refractivity contribution in [2.45, 2.75) is 32.2 Å². The van der Waals surface area contributed by atoms with Gasteiger partial charge in [0.05, 0.1) is 10.9 Å². The Morgan fingerprint density at radius 2 is 1.85 bits per heavy atom. The first-order chi connectivity index (χ1) is 12.6. The number of para-hydroxylation sites is 1. The van der Waals surface area contributed by atoms with Crippen molar-refractivity contribution < 1.29 is 4.79 Å². The van der Waals surface area contributed by atoms with E-state index in [2.05, 4.69) is 16.9 Å². The molecule has 2 heterocycles. The van der Waals surface area contributed by atoms with Crippen LogP contribution >= 0.6 is 12.2 Å². The minimum absolute atomic E-state index is 0.0436. The van der Waals surface area contributed by atoms with Gasteiger partial charge in [0.15, 0.2) is 4.77 Å². The number of fused-ring (bicyclic) bond motifs is 1. The number of unbranched alkanes of at least 4 members (excludes halogenated alkanes) is 2. The fourth-order valence-corrected chi connectivity index (χ4v) is 3.62. The molecule has 2 aromatic rings. The van der Waals surface area contributed by atoms with Crippen LogP contribution in [0.25, 0.3) is 10.9 Å². The van der Waals surface area contributed by atoms with E-state index in [1.165, 1.54) is 0 Å². The minimum Gasteiger partial charge on any atom is -0.340 e. The second kappa shape index (κ2) is 8.60. The highest BCUT2D eigenvalue weighted by Gasteiger charge is 2.18. The second-order valence-corrected chi connectivity index (χ2v) is 7.31. The summed E-state index contributed by atoms with van der Waals surface area (Å²) in [5.41, 5.74) is 0.731. The zero-order valence-corrected chi connectivity index (χ0v) is 16.1. The maximum absolute atomic E-state index is 12.6. The number of hydrogen-bond donors (Lipinski definition) is 1. The Bertz CT molecular complexity index is 881. The molecule has 1 aromatic heterocycles. The first-order valence-electron chi connectivity index (χ1n) is 9.24. The van der Waals surface area contributed by atoms with E-state index in [9.17, 15) is 9.59 Å².